The number of nitrogens with two attached hydrogens (primary N) is 1. The first kappa shape index (κ1) is 16.0. The molecule has 0 fully saturated rings. The van der Waals surface area contributed by atoms with Crippen molar-refractivity contribution in [1.82, 2.24) is 0 Å². The van der Waals surface area contributed by atoms with Crippen molar-refractivity contribution >= 4 is 31.6 Å². The summed E-state index contributed by atoms with van der Waals surface area (Å²) in [6, 6.07) is 12.4. The zero-order valence-electron chi connectivity index (χ0n) is 11.9. The van der Waals surface area contributed by atoms with Crippen molar-refractivity contribution in [2.75, 3.05) is 11.4 Å². The van der Waals surface area contributed by atoms with Gasteiger partial charge in [-0.05, 0) is 52.2 Å². The fourth-order valence-electron chi connectivity index (χ4n) is 2.07. The summed E-state index contributed by atoms with van der Waals surface area (Å²) in [5.41, 5.74) is 8.00. The van der Waals surface area contributed by atoms with Crippen LogP contribution in [0.4, 0.5) is 5.69 Å². The fourth-order valence-corrected chi connectivity index (χ4v) is 4.42. The van der Waals surface area contributed by atoms with Gasteiger partial charge >= 0.3 is 0 Å². The molecule has 6 heteroatoms. The fraction of sp³-hybridized carbons (Fsp3) is 0.200. The number of nitrogens with zero attached hydrogens (tertiary/aromatic N) is 1. The minimum absolute atomic E-state index is 0.227. The molecule has 0 spiro atoms. The summed E-state index contributed by atoms with van der Waals surface area (Å²) < 4.78 is 27.4. The van der Waals surface area contributed by atoms with Gasteiger partial charge in [-0.1, -0.05) is 24.3 Å². The van der Waals surface area contributed by atoms with E-state index in [0.29, 0.717) is 16.7 Å². The number of halogens is 1. The maximum atomic E-state index is 12.8. The van der Waals surface area contributed by atoms with Crippen LogP contribution in [0.5, 0.6) is 0 Å². The highest BCUT2D eigenvalue weighted by Gasteiger charge is 2.24. The Morgan fingerprint density at radius 1 is 1.19 bits per heavy atom. The van der Waals surface area contributed by atoms with E-state index in [1.807, 2.05) is 25.1 Å². The molecule has 0 atom stereocenters. The lowest BCUT2D eigenvalue weighted by Crippen LogP contribution is -2.27. The third-order valence-corrected chi connectivity index (χ3v) is 6.07. The largest absolute Gasteiger partial charge is 0.326 e. The molecule has 2 rings (SSSR count). The Morgan fingerprint density at radius 3 is 2.43 bits per heavy atom. The van der Waals surface area contributed by atoms with Gasteiger partial charge in [-0.3, -0.25) is 4.31 Å². The molecule has 0 aliphatic carbocycles. The van der Waals surface area contributed by atoms with Crippen LogP contribution in [0.2, 0.25) is 0 Å². The normalized spacial score (nSPS) is 11.4. The Balaban J connectivity index is 2.50. The summed E-state index contributed by atoms with van der Waals surface area (Å²) in [6.07, 6.45) is 0. The Morgan fingerprint density at radius 2 is 1.86 bits per heavy atom. The van der Waals surface area contributed by atoms with E-state index in [0.717, 1.165) is 11.1 Å². The zero-order valence-corrected chi connectivity index (χ0v) is 14.3. The van der Waals surface area contributed by atoms with Crippen molar-refractivity contribution in [2.45, 2.75) is 18.4 Å². The van der Waals surface area contributed by atoms with E-state index in [1.54, 1.807) is 31.3 Å². The van der Waals surface area contributed by atoms with Gasteiger partial charge < -0.3 is 5.73 Å². The summed E-state index contributed by atoms with van der Waals surface area (Å²) >= 11 is 3.32. The second kappa shape index (κ2) is 6.17. The smallest absolute Gasteiger partial charge is 0.265 e. The Hall–Kier alpha value is -1.37. The number of hydrogen-bond donors (Lipinski definition) is 1. The van der Waals surface area contributed by atoms with Crippen LogP contribution in [-0.2, 0) is 16.6 Å². The molecule has 21 heavy (non-hydrogen) atoms. The molecule has 112 valence electrons. The number of anilines is 1. The van der Waals surface area contributed by atoms with Crippen molar-refractivity contribution in [3.63, 3.8) is 0 Å². The standard InChI is InChI=1S/C15H17BrN2O2S/c1-11-5-3-4-6-14(11)18(2)21(19,20)15-8-7-12(10-17)9-13(15)16/h3-9H,10,17H2,1-2H3. The number of benzene rings is 2. The molecule has 0 unspecified atom stereocenters. The lowest BCUT2D eigenvalue weighted by Gasteiger charge is -2.22. The predicted octanol–water partition coefficient (Wildman–Crippen LogP) is 3.04. The van der Waals surface area contributed by atoms with Gasteiger partial charge in [0.1, 0.15) is 4.90 Å². The van der Waals surface area contributed by atoms with Crippen LogP contribution in [0, 0.1) is 6.92 Å². The SMILES string of the molecule is Cc1ccccc1N(C)S(=O)(=O)c1ccc(CN)cc1Br. The lowest BCUT2D eigenvalue weighted by atomic mass is 10.2. The zero-order chi connectivity index (χ0) is 15.6. The maximum absolute atomic E-state index is 12.8. The van der Waals surface area contributed by atoms with Crippen molar-refractivity contribution in [3.8, 4) is 0 Å². The maximum Gasteiger partial charge on any atom is 0.265 e. The number of hydrogen-bond acceptors (Lipinski definition) is 3. The Labute approximate surface area is 133 Å². The third kappa shape index (κ3) is 3.12. The summed E-state index contributed by atoms with van der Waals surface area (Å²) in [5, 5.41) is 0. The van der Waals surface area contributed by atoms with E-state index in [9.17, 15) is 8.42 Å². The third-order valence-electron chi connectivity index (χ3n) is 3.33. The minimum atomic E-state index is -3.62. The molecule has 0 amide bonds. The molecular formula is C15H17BrN2O2S. The van der Waals surface area contributed by atoms with Crippen molar-refractivity contribution in [2.24, 2.45) is 5.73 Å². The summed E-state index contributed by atoms with van der Waals surface area (Å²) in [6.45, 7) is 2.25. The van der Waals surface area contributed by atoms with E-state index < -0.39 is 10.0 Å². The molecule has 4 nitrogen and oxygen atoms in total. The first-order chi connectivity index (χ1) is 9.87. The topological polar surface area (TPSA) is 63.4 Å². The summed E-state index contributed by atoms with van der Waals surface area (Å²) in [4.78, 5) is 0.227. The first-order valence-corrected chi connectivity index (χ1v) is 8.64. The van der Waals surface area contributed by atoms with E-state index in [4.69, 9.17) is 5.73 Å². The first-order valence-electron chi connectivity index (χ1n) is 6.41. The second-order valence-corrected chi connectivity index (χ2v) is 7.52. The average Bonchev–Trinajstić information content (AvgIpc) is 2.46. The van der Waals surface area contributed by atoms with Gasteiger partial charge in [-0.25, -0.2) is 8.42 Å². The highest BCUT2D eigenvalue weighted by Crippen LogP contribution is 2.29. The van der Waals surface area contributed by atoms with Crippen LogP contribution in [0.25, 0.3) is 0 Å². The number of rotatable bonds is 4. The molecule has 0 heterocycles. The molecule has 0 aromatic heterocycles. The van der Waals surface area contributed by atoms with Crippen molar-refractivity contribution < 1.29 is 8.42 Å². The minimum Gasteiger partial charge on any atom is -0.326 e. The van der Waals surface area contributed by atoms with Crippen molar-refractivity contribution in [3.05, 3.63) is 58.1 Å². The van der Waals surface area contributed by atoms with Gasteiger partial charge in [0.15, 0.2) is 0 Å². The quantitative estimate of drug-likeness (QED) is 0.901. The van der Waals surface area contributed by atoms with Gasteiger partial charge in [0.05, 0.1) is 5.69 Å². The molecular weight excluding hydrogens is 352 g/mol. The second-order valence-electron chi connectivity index (χ2n) is 4.73. The monoisotopic (exact) mass is 368 g/mol. The van der Waals surface area contributed by atoms with Crippen LogP contribution in [0.3, 0.4) is 0 Å². The van der Waals surface area contributed by atoms with Gasteiger partial charge in [0.25, 0.3) is 10.0 Å². The molecule has 2 aromatic rings. The van der Waals surface area contributed by atoms with Crippen LogP contribution in [0.15, 0.2) is 51.8 Å². The molecule has 2 aromatic carbocycles. The highest BCUT2D eigenvalue weighted by molar-refractivity contribution is 9.10. The van der Waals surface area contributed by atoms with Gasteiger partial charge in [0.2, 0.25) is 0 Å². The number of aryl methyl sites for hydroxylation is 1. The molecule has 0 bridgehead atoms. The van der Waals surface area contributed by atoms with Gasteiger partial charge in [-0.15, -0.1) is 0 Å². The Bertz CT molecular complexity index is 760. The van der Waals surface area contributed by atoms with Crippen LogP contribution in [0.1, 0.15) is 11.1 Å². The van der Waals surface area contributed by atoms with E-state index in [2.05, 4.69) is 15.9 Å². The van der Waals surface area contributed by atoms with Gasteiger partial charge in [0, 0.05) is 18.1 Å². The lowest BCUT2D eigenvalue weighted by molar-refractivity contribution is 0.593. The van der Waals surface area contributed by atoms with Gasteiger partial charge in [-0.2, -0.15) is 0 Å². The van der Waals surface area contributed by atoms with Crippen LogP contribution >= 0.6 is 15.9 Å². The molecule has 0 radical (unpaired) electrons. The number of para-hydroxylation sites is 1. The summed E-state index contributed by atoms with van der Waals surface area (Å²) in [5.74, 6) is 0. The molecule has 0 saturated heterocycles. The van der Waals surface area contributed by atoms with Crippen LogP contribution in [-0.4, -0.2) is 15.5 Å². The average molecular weight is 369 g/mol. The molecule has 0 saturated carbocycles. The van der Waals surface area contributed by atoms with Crippen molar-refractivity contribution in [1.29, 1.82) is 0 Å². The summed E-state index contributed by atoms with van der Waals surface area (Å²) in [7, 11) is -2.07. The molecule has 0 aliphatic heterocycles. The van der Waals surface area contributed by atoms with E-state index in [-0.39, 0.29) is 4.90 Å². The Kier molecular flexibility index (Phi) is 4.70. The van der Waals surface area contributed by atoms with E-state index in [1.165, 1.54) is 4.31 Å². The predicted molar refractivity (Wildman–Crippen MR) is 88.8 cm³/mol. The molecule has 0 aliphatic rings. The van der Waals surface area contributed by atoms with Crippen LogP contribution < -0.4 is 10.0 Å². The van der Waals surface area contributed by atoms with E-state index >= 15 is 0 Å². The molecule has 2 N–H and O–H groups in total. The highest BCUT2D eigenvalue weighted by atomic mass is 79.9. The number of sulfonamides is 1.